The molecule has 0 fully saturated rings. The van der Waals surface area contributed by atoms with Gasteiger partial charge in [0, 0.05) is 77.2 Å². The Hall–Kier alpha value is -6.97. The van der Waals surface area contributed by atoms with E-state index in [0.29, 0.717) is 11.5 Å². The summed E-state index contributed by atoms with van der Waals surface area (Å²) in [5.41, 5.74) is 11.9. The second-order valence-electron chi connectivity index (χ2n) is 16.5. The third kappa shape index (κ3) is 6.83. The minimum Gasteiger partial charge on any atom is -0.509 e. The molecule has 0 N–H and O–H groups in total. The minimum atomic E-state index is -0.0256. The Bertz CT molecular complexity index is 3200. The van der Waals surface area contributed by atoms with Crippen LogP contribution in [0.25, 0.3) is 60.6 Å². The zero-order chi connectivity index (χ0) is 41.1. The fourth-order valence-corrected chi connectivity index (χ4v) is 8.73. The fourth-order valence-electron chi connectivity index (χ4n) is 8.73. The van der Waals surface area contributed by atoms with E-state index in [-0.39, 0.29) is 25.8 Å². The summed E-state index contributed by atoms with van der Waals surface area (Å²) < 4.78 is 8.87. The Kier molecular flexibility index (Phi) is 9.99. The van der Waals surface area contributed by atoms with E-state index < -0.39 is 0 Å². The van der Waals surface area contributed by atoms with Gasteiger partial charge in [0.1, 0.15) is 5.82 Å². The van der Waals surface area contributed by atoms with Crippen LogP contribution in [0, 0.1) is 18.8 Å². The van der Waals surface area contributed by atoms with Gasteiger partial charge in [-0.15, -0.1) is 48.1 Å². The molecule has 0 saturated carbocycles. The molecule has 3 heterocycles. The number of nitrogens with zero attached hydrogens (tertiary/aromatic N) is 4. The van der Waals surface area contributed by atoms with Gasteiger partial charge in [-0.05, 0) is 57.1 Å². The Labute approximate surface area is 376 Å². The number of benzene rings is 8. The summed E-state index contributed by atoms with van der Waals surface area (Å²) in [6.07, 6.45) is 1.90. The van der Waals surface area contributed by atoms with Crippen molar-refractivity contribution in [1.82, 2.24) is 9.55 Å². The molecule has 0 aliphatic carbocycles. The number of pyridine rings is 1. The van der Waals surface area contributed by atoms with E-state index in [0.717, 1.165) is 78.0 Å². The van der Waals surface area contributed by atoms with Crippen LogP contribution < -0.4 is 14.5 Å². The maximum Gasteiger partial charge on any atom is 0.135 e. The molecule has 0 spiro atoms. The quantitative estimate of drug-likeness (QED) is 0.118. The number of rotatable bonds is 7. The number of fused-ring (bicyclic) bond motifs is 6. The maximum atomic E-state index is 6.68. The van der Waals surface area contributed by atoms with Gasteiger partial charge in [-0.1, -0.05) is 154 Å². The van der Waals surface area contributed by atoms with Crippen molar-refractivity contribution in [3.8, 4) is 39.6 Å². The monoisotopic (exact) mass is 891 g/mol. The molecular weight excluding hydrogens is 851 g/mol. The number of hydrogen-bond acceptors (Lipinski definition) is 4. The van der Waals surface area contributed by atoms with Crippen molar-refractivity contribution in [1.29, 1.82) is 0 Å². The average Bonchev–Trinajstić information content (AvgIpc) is 3.85. The van der Waals surface area contributed by atoms with Gasteiger partial charge in [-0.2, -0.15) is 12.1 Å². The van der Waals surface area contributed by atoms with Gasteiger partial charge in [-0.25, -0.2) is 4.98 Å². The van der Waals surface area contributed by atoms with Crippen LogP contribution in [-0.4, -0.2) is 9.55 Å². The standard InChI is InChI=1S/C56H41N4O.Pd/c1-56(2,3)41-32-33-57-53(34-41)60-50-27-13-12-24-48(50)49-30-29-44(36-52(49)60)61-43-22-14-21-42(35-43)58-37-59(55-47-23-11-10-20-40(47)28-31-51(55)58)54-45(38-16-6-4-7-17-38)25-15-26-46(54)39-18-8-5-9-19-39;/h4-34,37H,1-3H3;/q-3;. The van der Waals surface area contributed by atoms with E-state index in [1.165, 1.54) is 10.9 Å². The van der Waals surface area contributed by atoms with E-state index >= 15 is 0 Å². The summed E-state index contributed by atoms with van der Waals surface area (Å²) in [5.74, 6) is 2.04. The van der Waals surface area contributed by atoms with E-state index in [1.807, 2.05) is 24.4 Å². The van der Waals surface area contributed by atoms with Crippen LogP contribution in [0.3, 0.4) is 0 Å². The average molecular weight is 892 g/mol. The number of para-hydroxylation sites is 2. The van der Waals surface area contributed by atoms with E-state index in [9.17, 15) is 0 Å². The van der Waals surface area contributed by atoms with Gasteiger partial charge < -0.3 is 19.1 Å². The second kappa shape index (κ2) is 15.8. The van der Waals surface area contributed by atoms with E-state index in [4.69, 9.17) is 9.72 Å². The number of ether oxygens (including phenoxy) is 1. The Morgan fingerprint density at radius 1 is 0.548 bits per heavy atom. The SMILES string of the molecule is CC(C)(C)c1ccnc(-n2c3[c-]c(Oc4[c-]c(N5[CH-]N(c6c(-c7ccccc7)cccc6-c6ccccc6)c6c5ccc5ccccc65)ccc4)ccc3c3ccccc32)c1.[Pd]. The van der Waals surface area contributed by atoms with Gasteiger partial charge in [0.25, 0.3) is 0 Å². The first-order chi connectivity index (χ1) is 29.9. The topological polar surface area (TPSA) is 33.5 Å². The fraction of sp³-hybridized carbons (Fsp3) is 0.0714. The number of hydrogen-bond donors (Lipinski definition) is 0. The van der Waals surface area contributed by atoms with Crippen molar-refractivity contribution in [2.24, 2.45) is 0 Å². The molecule has 0 unspecified atom stereocenters. The van der Waals surface area contributed by atoms with Crippen molar-refractivity contribution < 1.29 is 25.2 Å². The summed E-state index contributed by atoms with van der Waals surface area (Å²) in [5, 5.41) is 4.56. The third-order valence-corrected chi connectivity index (χ3v) is 11.7. The van der Waals surface area contributed by atoms with E-state index in [2.05, 4.69) is 218 Å². The Morgan fingerprint density at radius 2 is 1.21 bits per heavy atom. The molecule has 0 amide bonds. The van der Waals surface area contributed by atoms with Gasteiger partial charge in [0.2, 0.25) is 0 Å². The molecule has 5 nitrogen and oxygen atoms in total. The van der Waals surface area contributed by atoms with Crippen molar-refractivity contribution in [3.63, 3.8) is 0 Å². The first-order valence-corrected chi connectivity index (χ1v) is 20.7. The van der Waals surface area contributed by atoms with Crippen LogP contribution in [0.4, 0.5) is 22.7 Å². The van der Waals surface area contributed by atoms with Crippen LogP contribution in [-0.2, 0) is 25.8 Å². The largest absolute Gasteiger partial charge is 0.509 e. The minimum absolute atomic E-state index is 0. The second-order valence-corrected chi connectivity index (χ2v) is 16.5. The molecule has 2 aromatic heterocycles. The van der Waals surface area contributed by atoms with Crippen molar-refractivity contribution in [2.45, 2.75) is 26.2 Å². The zero-order valence-corrected chi connectivity index (χ0v) is 36.0. The molecule has 11 rings (SSSR count). The van der Waals surface area contributed by atoms with Gasteiger partial charge in [-0.3, -0.25) is 0 Å². The molecule has 10 aromatic rings. The number of anilines is 4. The summed E-state index contributed by atoms with van der Waals surface area (Å²) in [6, 6.07) is 71.2. The number of aromatic nitrogens is 2. The summed E-state index contributed by atoms with van der Waals surface area (Å²) in [6.45, 7) is 8.88. The molecule has 0 radical (unpaired) electrons. The van der Waals surface area contributed by atoms with Crippen LogP contribution in [0.15, 0.2) is 188 Å². The molecule has 0 saturated heterocycles. The maximum absolute atomic E-state index is 6.68. The Morgan fingerprint density at radius 3 is 1.95 bits per heavy atom. The summed E-state index contributed by atoms with van der Waals surface area (Å²) in [4.78, 5) is 9.45. The smallest absolute Gasteiger partial charge is 0.135 e. The third-order valence-electron chi connectivity index (χ3n) is 11.7. The normalized spacial score (nSPS) is 12.5. The van der Waals surface area contributed by atoms with Gasteiger partial charge in [0.05, 0.1) is 0 Å². The van der Waals surface area contributed by atoms with Crippen LogP contribution in [0.5, 0.6) is 11.5 Å². The molecule has 0 bridgehead atoms. The first-order valence-electron chi connectivity index (χ1n) is 20.7. The first kappa shape index (κ1) is 39.2. The molecule has 1 aliphatic heterocycles. The van der Waals surface area contributed by atoms with Crippen LogP contribution in [0.1, 0.15) is 26.3 Å². The summed E-state index contributed by atoms with van der Waals surface area (Å²) >= 11 is 0. The molecule has 304 valence electrons. The van der Waals surface area contributed by atoms with Crippen molar-refractivity contribution >= 4 is 55.3 Å². The van der Waals surface area contributed by atoms with E-state index in [1.54, 1.807) is 0 Å². The van der Waals surface area contributed by atoms with Crippen molar-refractivity contribution in [3.05, 3.63) is 213 Å². The van der Waals surface area contributed by atoms with Crippen molar-refractivity contribution in [2.75, 3.05) is 9.80 Å². The molecular formula is C56H41N4OPd-3. The van der Waals surface area contributed by atoms with Gasteiger partial charge >= 0.3 is 0 Å². The van der Waals surface area contributed by atoms with Gasteiger partial charge in [0.15, 0.2) is 0 Å². The molecule has 1 aliphatic rings. The summed E-state index contributed by atoms with van der Waals surface area (Å²) in [7, 11) is 0. The molecule has 0 atom stereocenters. The zero-order valence-electron chi connectivity index (χ0n) is 34.5. The van der Waals surface area contributed by atoms with Crippen LogP contribution in [0.2, 0.25) is 0 Å². The predicted molar refractivity (Wildman–Crippen MR) is 251 cm³/mol. The molecule has 6 heteroatoms. The predicted octanol–water partition coefficient (Wildman–Crippen LogP) is 14.8. The molecule has 8 aromatic carbocycles. The Balaban J connectivity index is 0.00000458. The van der Waals surface area contributed by atoms with Crippen LogP contribution >= 0.6 is 0 Å². The molecule has 62 heavy (non-hydrogen) atoms.